The van der Waals surface area contributed by atoms with Crippen LogP contribution in [-0.2, 0) is 9.53 Å². The summed E-state index contributed by atoms with van der Waals surface area (Å²) in [4.78, 5) is 27.0. The molecule has 138 valence electrons. The van der Waals surface area contributed by atoms with Crippen LogP contribution in [0.3, 0.4) is 0 Å². The number of ether oxygens (including phenoxy) is 1. The number of hydrogen-bond acceptors (Lipinski definition) is 6. The van der Waals surface area contributed by atoms with Crippen LogP contribution in [0.5, 0.6) is 0 Å². The van der Waals surface area contributed by atoms with Crippen LogP contribution in [0.2, 0.25) is 0 Å². The number of carbonyl (C=O) groups is 2. The summed E-state index contributed by atoms with van der Waals surface area (Å²) in [5.41, 5.74) is 0.994. The predicted octanol–water partition coefficient (Wildman–Crippen LogP) is 2.00. The summed E-state index contributed by atoms with van der Waals surface area (Å²) in [7, 11) is 0. The molecule has 26 heavy (non-hydrogen) atoms. The largest absolute Gasteiger partial charge is 0.449 e. The SMILES string of the molecule is CC[C@H]1CCCCN1C(=O)[C@H](C)OC(=O)c1cccc(-n2cnnn2)c1. The van der Waals surface area contributed by atoms with Crippen molar-refractivity contribution < 1.29 is 14.3 Å². The third-order valence-electron chi connectivity index (χ3n) is 4.71. The van der Waals surface area contributed by atoms with Crippen molar-refractivity contribution in [2.24, 2.45) is 0 Å². The summed E-state index contributed by atoms with van der Waals surface area (Å²) >= 11 is 0. The Balaban J connectivity index is 1.67. The smallest absolute Gasteiger partial charge is 0.338 e. The van der Waals surface area contributed by atoms with Gasteiger partial charge in [-0.1, -0.05) is 13.0 Å². The lowest BCUT2D eigenvalue weighted by Gasteiger charge is -2.36. The van der Waals surface area contributed by atoms with Gasteiger partial charge in [-0.15, -0.1) is 5.10 Å². The van der Waals surface area contributed by atoms with Crippen LogP contribution in [0.1, 0.15) is 49.9 Å². The number of likely N-dealkylation sites (tertiary alicyclic amines) is 1. The lowest BCUT2D eigenvalue weighted by molar-refractivity contribution is -0.143. The number of carbonyl (C=O) groups excluding carboxylic acids is 2. The molecule has 1 fully saturated rings. The first-order chi connectivity index (χ1) is 12.6. The van der Waals surface area contributed by atoms with E-state index in [1.54, 1.807) is 31.2 Å². The Hall–Kier alpha value is -2.77. The molecule has 1 saturated heterocycles. The zero-order valence-corrected chi connectivity index (χ0v) is 15.0. The molecule has 0 aliphatic carbocycles. The van der Waals surface area contributed by atoms with Crippen molar-refractivity contribution in [1.29, 1.82) is 0 Å². The average Bonchev–Trinajstić information content (AvgIpc) is 3.22. The Morgan fingerprint density at radius 1 is 1.35 bits per heavy atom. The first-order valence-electron chi connectivity index (χ1n) is 8.95. The fraction of sp³-hybridized carbons (Fsp3) is 0.500. The molecule has 1 amide bonds. The van der Waals surface area contributed by atoms with E-state index in [1.807, 2.05) is 4.90 Å². The first-order valence-corrected chi connectivity index (χ1v) is 8.95. The van der Waals surface area contributed by atoms with Crippen LogP contribution < -0.4 is 0 Å². The number of hydrogen-bond donors (Lipinski definition) is 0. The van der Waals surface area contributed by atoms with Gasteiger partial charge in [-0.25, -0.2) is 9.48 Å². The number of aromatic nitrogens is 4. The summed E-state index contributed by atoms with van der Waals surface area (Å²) in [6, 6.07) is 7.01. The lowest BCUT2D eigenvalue weighted by Crippen LogP contribution is -2.48. The molecular weight excluding hydrogens is 334 g/mol. The molecule has 2 aromatic rings. The van der Waals surface area contributed by atoms with Crippen molar-refractivity contribution in [3.05, 3.63) is 36.2 Å². The van der Waals surface area contributed by atoms with E-state index in [1.165, 1.54) is 11.0 Å². The van der Waals surface area contributed by atoms with E-state index >= 15 is 0 Å². The monoisotopic (exact) mass is 357 g/mol. The molecule has 8 nitrogen and oxygen atoms in total. The number of amides is 1. The van der Waals surface area contributed by atoms with Crippen LogP contribution >= 0.6 is 0 Å². The number of nitrogens with zero attached hydrogens (tertiary/aromatic N) is 5. The molecular formula is C18H23N5O3. The maximum Gasteiger partial charge on any atom is 0.338 e. The number of rotatable bonds is 5. The minimum absolute atomic E-state index is 0.124. The minimum atomic E-state index is -0.814. The zero-order chi connectivity index (χ0) is 18.5. The topological polar surface area (TPSA) is 90.2 Å². The standard InChI is InChI=1S/C18H23N5O3/c1-3-15-8-4-5-10-22(15)17(24)13(2)26-18(25)14-7-6-9-16(11-14)23-12-19-20-21-23/h6-7,9,11-13,15H,3-5,8,10H2,1-2H3/t13-,15-/m0/s1. The summed E-state index contributed by atoms with van der Waals surface area (Å²) in [6.45, 7) is 4.44. The van der Waals surface area contributed by atoms with Crippen LogP contribution in [-0.4, -0.2) is 55.7 Å². The molecule has 0 radical (unpaired) electrons. The van der Waals surface area contributed by atoms with E-state index in [-0.39, 0.29) is 11.9 Å². The molecule has 2 atom stereocenters. The van der Waals surface area contributed by atoms with E-state index in [9.17, 15) is 9.59 Å². The molecule has 1 aliphatic heterocycles. The van der Waals surface area contributed by atoms with E-state index in [4.69, 9.17) is 4.74 Å². The van der Waals surface area contributed by atoms with Crippen LogP contribution in [0.25, 0.3) is 5.69 Å². The van der Waals surface area contributed by atoms with Gasteiger partial charge in [0.1, 0.15) is 6.33 Å². The quantitative estimate of drug-likeness (QED) is 0.760. The molecule has 0 bridgehead atoms. The number of piperidine rings is 1. The highest BCUT2D eigenvalue weighted by molar-refractivity contribution is 5.92. The van der Waals surface area contributed by atoms with E-state index in [0.717, 1.165) is 32.2 Å². The summed E-state index contributed by atoms with van der Waals surface area (Å²) in [6.07, 6.45) is 4.69. The van der Waals surface area contributed by atoms with E-state index in [2.05, 4.69) is 22.4 Å². The Morgan fingerprint density at radius 3 is 2.92 bits per heavy atom. The second-order valence-electron chi connectivity index (χ2n) is 6.44. The predicted molar refractivity (Wildman–Crippen MR) is 93.7 cm³/mol. The van der Waals surface area contributed by atoms with Gasteiger partial charge < -0.3 is 9.64 Å². The van der Waals surface area contributed by atoms with Crippen LogP contribution in [0, 0.1) is 0 Å². The lowest BCUT2D eigenvalue weighted by atomic mass is 9.99. The van der Waals surface area contributed by atoms with Crippen molar-refractivity contribution in [2.75, 3.05) is 6.54 Å². The van der Waals surface area contributed by atoms with Crippen LogP contribution in [0.4, 0.5) is 0 Å². The molecule has 3 rings (SSSR count). The Bertz CT molecular complexity index is 762. The highest BCUT2D eigenvalue weighted by atomic mass is 16.5. The van der Waals surface area contributed by atoms with E-state index in [0.29, 0.717) is 11.3 Å². The molecule has 8 heteroatoms. The average molecular weight is 357 g/mol. The molecule has 1 aliphatic rings. The third kappa shape index (κ3) is 3.89. The zero-order valence-electron chi connectivity index (χ0n) is 15.0. The molecule has 2 heterocycles. The minimum Gasteiger partial charge on any atom is -0.449 e. The van der Waals surface area contributed by atoms with Crippen molar-refractivity contribution in [2.45, 2.75) is 51.7 Å². The summed E-state index contributed by atoms with van der Waals surface area (Å²) in [5.74, 6) is -0.660. The summed E-state index contributed by atoms with van der Waals surface area (Å²) < 4.78 is 6.87. The first kappa shape index (κ1) is 18.0. The van der Waals surface area contributed by atoms with E-state index < -0.39 is 12.1 Å². The Labute approximate surface area is 152 Å². The number of esters is 1. The third-order valence-corrected chi connectivity index (χ3v) is 4.71. The number of tetrazole rings is 1. The van der Waals surface area contributed by atoms with Gasteiger partial charge in [-0.2, -0.15) is 0 Å². The summed E-state index contributed by atoms with van der Waals surface area (Å²) in [5, 5.41) is 11.0. The molecule has 1 aromatic heterocycles. The maximum atomic E-state index is 12.7. The second kappa shape index (κ2) is 8.07. The Kier molecular flexibility index (Phi) is 5.60. The van der Waals surface area contributed by atoms with Gasteiger partial charge in [0.15, 0.2) is 6.10 Å². The molecule has 0 unspecified atom stereocenters. The normalized spacial score (nSPS) is 18.4. The van der Waals surface area contributed by atoms with Crippen molar-refractivity contribution >= 4 is 11.9 Å². The molecule has 0 saturated carbocycles. The van der Waals surface area contributed by atoms with Crippen molar-refractivity contribution in [3.63, 3.8) is 0 Å². The van der Waals surface area contributed by atoms with Crippen molar-refractivity contribution in [1.82, 2.24) is 25.1 Å². The number of benzene rings is 1. The van der Waals surface area contributed by atoms with Gasteiger partial charge >= 0.3 is 5.97 Å². The van der Waals surface area contributed by atoms with Gasteiger partial charge in [-0.05, 0) is 61.2 Å². The molecule has 0 spiro atoms. The molecule has 1 aromatic carbocycles. The Morgan fingerprint density at radius 2 is 2.19 bits per heavy atom. The fourth-order valence-electron chi connectivity index (χ4n) is 3.28. The highest BCUT2D eigenvalue weighted by Gasteiger charge is 2.30. The van der Waals surface area contributed by atoms with Crippen molar-refractivity contribution in [3.8, 4) is 5.69 Å². The maximum absolute atomic E-state index is 12.7. The van der Waals surface area contributed by atoms with Gasteiger partial charge in [0.05, 0.1) is 11.3 Å². The van der Waals surface area contributed by atoms with Gasteiger partial charge in [0.25, 0.3) is 5.91 Å². The fourth-order valence-corrected chi connectivity index (χ4v) is 3.28. The van der Waals surface area contributed by atoms with Gasteiger partial charge in [0, 0.05) is 12.6 Å². The second-order valence-corrected chi connectivity index (χ2v) is 6.44. The molecule has 0 N–H and O–H groups in total. The highest BCUT2D eigenvalue weighted by Crippen LogP contribution is 2.21. The van der Waals surface area contributed by atoms with Gasteiger partial charge in [0.2, 0.25) is 0 Å². The van der Waals surface area contributed by atoms with Crippen LogP contribution in [0.15, 0.2) is 30.6 Å². The van der Waals surface area contributed by atoms with Gasteiger partial charge in [-0.3, -0.25) is 4.79 Å².